The largest absolute Gasteiger partial charge is 0.375 e. The number of carbonyl (C=O) groups is 1. The maximum atomic E-state index is 12.1. The van der Waals surface area contributed by atoms with Crippen molar-refractivity contribution in [2.75, 3.05) is 7.11 Å². The molecular weight excluding hydrogens is 192 g/mol. The predicted octanol–water partition coefficient (Wildman–Crippen LogP) is 2.33. The minimum atomic E-state index is -0.590. The van der Waals surface area contributed by atoms with Crippen LogP contribution in [0.25, 0.3) is 0 Å². The summed E-state index contributed by atoms with van der Waals surface area (Å²) in [7, 11) is 1.64. The molecule has 0 N–H and O–H groups in total. The van der Waals surface area contributed by atoms with Crippen molar-refractivity contribution in [1.82, 2.24) is 0 Å². The van der Waals surface area contributed by atoms with Gasteiger partial charge >= 0.3 is 0 Å². The van der Waals surface area contributed by atoms with Crippen LogP contribution in [0.1, 0.15) is 46.5 Å². The Morgan fingerprint density at radius 1 is 1.40 bits per heavy atom. The zero-order chi connectivity index (χ0) is 11.5. The lowest BCUT2D eigenvalue weighted by molar-refractivity contribution is -0.170. The van der Waals surface area contributed by atoms with Crippen LogP contribution in [0.5, 0.6) is 0 Å². The third-order valence-corrected chi connectivity index (χ3v) is 3.07. The van der Waals surface area contributed by atoms with Gasteiger partial charge in [-0.15, -0.1) is 0 Å². The number of Topliss-reactive ketones (excluding diaryl/α,β-unsaturated/α-hetero) is 1. The summed E-state index contributed by atoms with van der Waals surface area (Å²) >= 11 is 0. The van der Waals surface area contributed by atoms with Gasteiger partial charge in [0.05, 0.1) is 12.2 Å². The van der Waals surface area contributed by atoms with Crippen molar-refractivity contribution in [2.45, 2.75) is 64.3 Å². The van der Waals surface area contributed by atoms with Crippen molar-refractivity contribution in [2.24, 2.45) is 0 Å². The molecule has 2 unspecified atom stereocenters. The van der Waals surface area contributed by atoms with E-state index in [-0.39, 0.29) is 18.0 Å². The van der Waals surface area contributed by atoms with Crippen LogP contribution in [0, 0.1) is 0 Å². The van der Waals surface area contributed by atoms with Gasteiger partial charge in [-0.2, -0.15) is 0 Å². The molecule has 0 bridgehead atoms. The molecule has 0 aromatic carbocycles. The molecule has 0 aliphatic carbocycles. The Kier molecular flexibility index (Phi) is 4.29. The van der Waals surface area contributed by atoms with Crippen LogP contribution in [-0.2, 0) is 14.3 Å². The molecule has 88 valence electrons. The van der Waals surface area contributed by atoms with Crippen LogP contribution in [-0.4, -0.2) is 30.7 Å². The summed E-state index contributed by atoms with van der Waals surface area (Å²) in [5.41, 5.74) is -0.590. The third-order valence-electron chi connectivity index (χ3n) is 3.07. The fourth-order valence-corrected chi connectivity index (χ4v) is 2.47. The highest BCUT2D eigenvalue weighted by Gasteiger charge is 2.43. The summed E-state index contributed by atoms with van der Waals surface area (Å²) in [4.78, 5) is 12.1. The summed E-state index contributed by atoms with van der Waals surface area (Å²) in [5.74, 6) is 0.231. The van der Waals surface area contributed by atoms with Crippen molar-refractivity contribution in [3.8, 4) is 0 Å². The molecule has 0 amide bonds. The summed E-state index contributed by atoms with van der Waals surface area (Å²) in [6.45, 7) is 6.03. The Morgan fingerprint density at radius 3 is 2.33 bits per heavy atom. The van der Waals surface area contributed by atoms with Gasteiger partial charge in [-0.1, -0.05) is 6.92 Å². The number of rotatable bonds is 4. The monoisotopic (exact) mass is 214 g/mol. The van der Waals surface area contributed by atoms with E-state index < -0.39 is 5.60 Å². The number of methoxy groups -OCH3 is 1. The molecule has 3 nitrogen and oxygen atoms in total. The highest BCUT2D eigenvalue weighted by Crippen LogP contribution is 2.33. The van der Waals surface area contributed by atoms with Crippen molar-refractivity contribution in [1.29, 1.82) is 0 Å². The first-order chi connectivity index (χ1) is 7.04. The lowest BCUT2D eigenvalue weighted by atomic mass is 9.82. The van der Waals surface area contributed by atoms with E-state index in [1.54, 1.807) is 7.11 Å². The average Bonchev–Trinajstić information content (AvgIpc) is 2.16. The van der Waals surface area contributed by atoms with Gasteiger partial charge in [-0.05, 0) is 20.3 Å². The van der Waals surface area contributed by atoms with Crippen LogP contribution in [0.2, 0.25) is 0 Å². The van der Waals surface area contributed by atoms with E-state index in [0.717, 1.165) is 6.42 Å². The topological polar surface area (TPSA) is 35.5 Å². The number of carbonyl (C=O) groups excluding carboxylic acids is 1. The van der Waals surface area contributed by atoms with E-state index >= 15 is 0 Å². The molecule has 0 spiro atoms. The molecule has 0 aromatic rings. The van der Waals surface area contributed by atoms with E-state index in [1.807, 2.05) is 20.8 Å². The first-order valence-electron chi connectivity index (χ1n) is 5.78. The molecule has 1 saturated heterocycles. The molecule has 0 aromatic heterocycles. The second-order valence-corrected chi connectivity index (χ2v) is 4.54. The fraction of sp³-hybridized carbons (Fsp3) is 0.917. The van der Waals surface area contributed by atoms with Gasteiger partial charge in [0.15, 0.2) is 5.78 Å². The molecule has 0 saturated carbocycles. The molecular formula is C12H22O3. The zero-order valence-corrected chi connectivity index (χ0v) is 10.2. The van der Waals surface area contributed by atoms with Crippen molar-refractivity contribution in [3.05, 3.63) is 0 Å². The molecule has 1 rings (SSSR count). The summed E-state index contributed by atoms with van der Waals surface area (Å²) in [6.07, 6.45) is 3.07. The number of hydrogen-bond acceptors (Lipinski definition) is 3. The smallest absolute Gasteiger partial charge is 0.164 e. The quantitative estimate of drug-likeness (QED) is 0.720. The number of hydrogen-bond donors (Lipinski definition) is 0. The van der Waals surface area contributed by atoms with Crippen LogP contribution >= 0.6 is 0 Å². The lowest BCUT2D eigenvalue weighted by Gasteiger charge is -2.40. The van der Waals surface area contributed by atoms with Crippen LogP contribution in [0.4, 0.5) is 0 Å². The van der Waals surface area contributed by atoms with Gasteiger partial charge in [0.1, 0.15) is 5.60 Å². The maximum absolute atomic E-state index is 12.1. The minimum absolute atomic E-state index is 0.106. The number of ether oxygens (including phenoxy) is 2. The fourth-order valence-electron chi connectivity index (χ4n) is 2.47. The Bertz CT molecular complexity index is 215. The van der Waals surface area contributed by atoms with Gasteiger partial charge in [0.25, 0.3) is 0 Å². The Balaban J connectivity index is 2.78. The summed E-state index contributed by atoms with van der Waals surface area (Å²) in [5, 5.41) is 0. The standard InChI is InChI=1S/C12H22O3/c1-5-6-11(13)12(14-4)7-9(2)15-10(3)8-12/h9-10H,5-8H2,1-4H3. The molecule has 15 heavy (non-hydrogen) atoms. The zero-order valence-electron chi connectivity index (χ0n) is 10.2. The third kappa shape index (κ3) is 2.79. The molecule has 1 aliphatic rings. The molecule has 2 atom stereocenters. The van der Waals surface area contributed by atoms with Crippen molar-refractivity contribution in [3.63, 3.8) is 0 Å². The Morgan fingerprint density at radius 2 is 1.93 bits per heavy atom. The highest BCUT2D eigenvalue weighted by molar-refractivity contribution is 5.87. The molecule has 1 fully saturated rings. The van der Waals surface area contributed by atoms with E-state index in [0.29, 0.717) is 19.3 Å². The summed E-state index contributed by atoms with van der Waals surface area (Å²) in [6, 6.07) is 0. The van der Waals surface area contributed by atoms with Gasteiger partial charge in [0, 0.05) is 26.4 Å². The van der Waals surface area contributed by atoms with E-state index in [1.165, 1.54) is 0 Å². The van der Waals surface area contributed by atoms with Gasteiger partial charge < -0.3 is 9.47 Å². The number of ketones is 1. The highest BCUT2D eigenvalue weighted by atomic mass is 16.5. The summed E-state index contributed by atoms with van der Waals surface area (Å²) < 4.78 is 11.1. The van der Waals surface area contributed by atoms with E-state index in [9.17, 15) is 4.79 Å². The van der Waals surface area contributed by atoms with Crippen LogP contribution in [0.3, 0.4) is 0 Å². The van der Waals surface area contributed by atoms with Gasteiger partial charge in [-0.25, -0.2) is 0 Å². The van der Waals surface area contributed by atoms with Gasteiger partial charge in [0.2, 0.25) is 0 Å². The minimum Gasteiger partial charge on any atom is -0.375 e. The second-order valence-electron chi connectivity index (χ2n) is 4.54. The van der Waals surface area contributed by atoms with E-state index in [4.69, 9.17) is 9.47 Å². The van der Waals surface area contributed by atoms with Crippen molar-refractivity contribution < 1.29 is 14.3 Å². The van der Waals surface area contributed by atoms with E-state index in [2.05, 4.69) is 0 Å². The molecule has 1 aliphatic heterocycles. The Labute approximate surface area is 92.1 Å². The maximum Gasteiger partial charge on any atom is 0.164 e. The van der Waals surface area contributed by atoms with Crippen LogP contribution < -0.4 is 0 Å². The first-order valence-corrected chi connectivity index (χ1v) is 5.78. The molecule has 1 heterocycles. The SMILES string of the molecule is CCCC(=O)C1(OC)CC(C)OC(C)C1. The normalized spacial score (nSPS) is 36.5. The van der Waals surface area contributed by atoms with Crippen molar-refractivity contribution >= 4 is 5.78 Å². The lowest BCUT2D eigenvalue weighted by Crippen LogP contribution is -2.50. The van der Waals surface area contributed by atoms with Crippen LogP contribution in [0.15, 0.2) is 0 Å². The van der Waals surface area contributed by atoms with Gasteiger partial charge in [-0.3, -0.25) is 4.79 Å². The average molecular weight is 214 g/mol. The predicted molar refractivity (Wildman–Crippen MR) is 58.9 cm³/mol. The first kappa shape index (κ1) is 12.7. The Hall–Kier alpha value is -0.410. The molecule has 3 heteroatoms. The molecule has 0 radical (unpaired) electrons. The second kappa shape index (κ2) is 5.08.